The van der Waals surface area contributed by atoms with E-state index in [0.29, 0.717) is 13.2 Å². The van der Waals surface area contributed by atoms with Crippen LogP contribution in [0.4, 0.5) is 0 Å². The molecule has 0 aromatic heterocycles. The number of hydrogen-bond acceptors (Lipinski definition) is 4. The molecule has 0 aliphatic heterocycles. The Morgan fingerprint density at radius 2 is 2.00 bits per heavy atom. The lowest BCUT2D eigenvalue weighted by molar-refractivity contribution is -0.142. The molecule has 1 unspecified atom stereocenters. The summed E-state index contributed by atoms with van der Waals surface area (Å²) in [5.41, 5.74) is 0. The fourth-order valence-corrected chi connectivity index (χ4v) is 0.487. The standard InChI is InChI=1S/C8H14O3.C2H4O/c1-4-7(2)10-5-6-11-8(3)9;1-2-3/h4,7H,1,5-6H2,2-3H3;2H,1H3. The zero-order valence-electron chi connectivity index (χ0n) is 8.99. The van der Waals surface area contributed by atoms with Gasteiger partial charge in [0.25, 0.3) is 0 Å². The Balaban J connectivity index is 0. The van der Waals surface area contributed by atoms with E-state index in [2.05, 4.69) is 11.3 Å². The Kier molecular flexibility index (Phi) is 13.0. The molecular weight excluding hydrogens is 184 g/mol. The fourth-order valence-electron chi connectivity index (χ4n) is 0.487. The van der Waals surface area contributed by atoms with Crippen LogP contribution in [0.3, 0.4) is 0 Å². The molecule has 0 aliphatic rings. The highest BCUT2D eigenvalue weighted by Crippen LogP contribution is 1.90. The van der Waals surface area contributed by atoms with Gasteiger partial charge in [-0.15, -0.1) is 6.58 Å². The molecule has 82 valence electrons. The van der Waals surface area contributed by atoms with Crippen LogP contribution in [0.15, 0.2) is 12.7 Å². The molecule has 0 aromatic carbocycles. The first-order chi connectivity index (χ1) is 6.58. The van der Waals surface area contributed by atoms with Gasteiger partial charge in [0.15, 0.2) is 0 Å². The quantitative estimate of drug-likeness (QED) is 0.292. The van der Waals surface area contributed by atoms with E-state index in [1.165, 1.54) is 13.8 Å². The Morgan fingerprint density at radius 1 is 1.50 bits per heavy atom. The van der Waals surface area contributed by atoms with E-state index < -0.39 is 0 Å². The topological polar surface area (TPSA) is 52.6 Å². The van der Waals surface area contributed by atoms with Crippen LogP contribution < -0.4 is 0 Å². The van der Waals surface area contributed by atoms with E-state index in [4.69, 9.17) is 9.53 Å². The molecule has 0 fully saturated rings. The van der Waals surface area contributed by atoms with Crippen molar-refractivity contribution in [1.82, 2.24) is 0 Å². The highest BCUT2D eigenvalue weighted by Gasteiger charge is 1.96. The maximum atomic E-state index is 10.3. The molecule has 0 N–H and O–H groups in total. The minimum atomic E-state index is -0.278. The lowest BCUT2D eigenvalue weighted by atomic mass is 10.4. The second kappa shape index (κ2) is 11.8. The van der Waals surface area contributed by atoms with E-state index in [9.17, 15) is 4.79 Å². The van der Waals surface area contributed by atoms with E-state index >= 15 is 0 Å². The second-order valence-electron chi connectivity index (χ2n) is 2.39. The highest BCUT2D eigenvalue weighted by molar-refractivity contribution is 5.65. The van der Waals surface area contributed by atoms with Crippen LogP contribution in [-0.4, -0.2) is 31.6 Å². The summed E-state index contributed by atoms with van der Waals surface area (Å²) in [6.07, 6.45) is 2.46. The fraction of sp³-hybridized carbons (Fsp3) is 0.600. The molecule has 0 aliphatic carbocycles. The highest BCUT2D eigenvalue weighted by atomic mass is 16.6. The normalized spacial score (nSPS) is 10.5. The van der Waals surface area contributed by atoms with Gasteiger partial charge in [-0.3, -0.25) is 4.79 Å². The van der Waals surface area contributed by atoms with Crippen molar-refractivity contribution in [2.45, 2.75) is 26.9 Å². The predicted molar refractivity (Wildman–Crippen MR) is 54.0 cm³/mol. The predicted octanol–water partition coefficient (Wildman–Crippen LogP) is 1.35. The van der Waals surface area contributed by atoms with Gasteiger partial charge in [-0.25, -0.2) is 0 Å². The van der Waals surface area contributed by atoms with Crippen molar-refractivity contribution in [2.24, 2.45) is 0 Å². The van der Waals surface area contributed by atoms with Crippen molar-refractivity contribution in [3.63, 3.8) is 0 Å². The van der Waals surface area contributed by atoms with Gasteiger partial charge in [-0.2, -0.15) is 0 Å². The first-order valence-corrected chi connectivity index (χ1v) is 4.35. The van der Waals surface area contributed by atoms with Crippen LogP contribution in [0.2, 0.25) is 0 Å². The van der Waals surface area contributed by atoms with Gasteiger partial charge in [0.05, 0.1) is 12.7 Å². The van der Waals surface area contributed by atoms with Gasteiger partial charge in [-0.1, -0.05) is 6.08 Å². The van der Waals surface area contributed by atoms with E-state index in [1.54, 1.807) is 6.08 Å². The molecule has 0 heterocycles. The zero-order valence-corrected chi connectivity index (χ0v) is 8.99. The summed E-state index contributed by atoms with van der Waals surface area (Å²) >= 11 is 0. The number of aldehydes is 1. The third-order valence-corrected chi connectivity index (χ3v) is 1.10. The lowest BCUT2D eigenvalue weighted by Gasteiger charge is -2.07. The largest absolute Gasteiger partial charge is 0.463 e. The summed E-state index contributed by atoms with van der Waals surface area (Å²) in [5.74, 6) is -0.278. The molecule has 0 amide bonds. The maximum Gasteiger partial charge on any atom is 0.302 e. The minimum absolute atomic E-state index is 0.0190. The van der Waals surface area contributed by atoms with Gasteiger partial charge in [0.2, 0.25) is 0 Å². The van der Waals surface area contributed by atoms with Gasteiger partial charge in [0, 0.05) is 6.92 Å². The Labute approximate surface area is 84.9 Å². The zero-order chi connectivity index (χ0) is 11.4. The second-order valence-corrected chi connectivity index (χ2v) is 2.39. The van der Waals surface area contributed by atoms with Crippen LogP contribution in [0.5, 0.6) is 0 Å². The molecule has 0 radical (unpaired) electrons. The van der Waals surface area contributed by atoms with E-state index in [-0.39, 0.29) is 12.1 Å². The molecule has 14 heavy (non-hydrogen) atoms. The molecule has 0 bridgehead atoms. The Bertz CT molecular complexity index is 166. The number of carbonyl (C=O) groups is 2. The third kappa shape index (κ3) is 17.1. The van der Waals surface area contributed by atoms with Crippen molar-refractivity contribution >= 4 is 12.3 Å². The molecule has 4 nitrogen and oxygen atoms in total. The molecule has 0 aromatic rings. The van der Waals surface area contributed by atoms with Crippen LogP contribution in [0.25, 0.3) is 0 Å². The summed E-state index contributed by atoms with van der Waals surface area (Å²) in [4.78, 5) is 19.1. The summed E-state index contributed by atoms with van der Waals surface area (Å²) in [6, 6.07) is 0. The number of ether oxygens (including phenoxy) is 2. The van der Waals surface area contributed by atoms with Gasteiger partial charge >= 0.3 is 5.97 Å². The van der Waals surface area contributed by atoms with Crippen LogP contribution >= 0.6 is 0 Å². The van der Waals surface area contributed by atoms with Gasteiger partial charge in [0.1, 0.15) is 12.9 Å². The monoisotopic (exact) mass is 202 g/mol. The summed E-state index contributed by atoms with van der Waals surface area (Å²) < 4.78 is 9.78. The molecule has 0 saturated carbocycles. The summed E-state index contributed by atoms with van der Waals surface area (Å²) in [7, 11) is 0. The van der Waals surface area contributed by atoms with Crippen molar-refractivity contribution in [3.8, 4) is 0 Å². The third-order valence-electron chi connectivity index (χ3n) is 1.10. The molecular formula is C10H18O4. The first kappa shape index (κ1) is 15.3. The van der Waals surface area contributed by atoms with Crippen molar-refractivity contribution < 1.29 is 19.1 Å². The van der Waals surface area contributed by atoms with E-state index in [0.717, 1.165) is 6.29 Å². The minimum Gasteiger partial charge on any atom is -0.463 e. The number of carbonyl (C=O) groups excluding carboxylic acids is 2. The summed E-state index contributed by atoms with van der Waals surface area (Å²) in [6.45, 7) is 8.97. The smallest absolute Gasteiger partial charge is 0.302 e. The molecule has 0 rings (SSSR count). The maximum absolute atomic E-state index is 10.3. The SMILES string of the molecule is C=CC(C)OCCOC(C)=O.CC=O. The van der Waals surface area contributed by atoms with Gasteiger partial charge < -0.3 is 14.3 Å². The molecule has 4 heteroatoms. The Hall–Kier alpha value is -1.16. The average molecular weight is 202 g/mol. The van der Waals surface area contributed by atoms with Gasteiger partial charge in [-0.05, 0) is 13.8 Å². The van der Waals surface area contributed by atoms with Crippen LogP contribution in [0.1, 0.15) is 20.8 Å². The van der Waals surface area contributed by atoms with Crippen molar-refractivity contribution in [1.29, 1.82) is 0 Å². The first-order valence-electron chi connectivity index (χ1n) is 4.35. The van der Waals surface area contributed by atoms with Crippen molar-refractivity contribution in [3.05, 3.63) is 12.7 Å². The van der Waals surface area contributed by atoms with Crippen molar-refractivity contribution in [2.75, 3.05) is 13.2 Å². The number of rotatable bonds is 5. The number of hydrogen-bond donors (Lipinski definition) is 0. The lowest BCUT2D eigenvalue weighted by Crippen LogP contribution is -2.12. The van der Waals surface area contributed by atoms with Crippen LogP contribution in [-0.2, 0) is 19.1 Å². The molecule has 0 saturated heterocycles. The number of esters is 1. The van der Waals surface area contributed by atoms with Crippen LogP contribution in [0, 0.1) is 0 Å². The molecule has 0 spiro atoms. The summed E-state index contributed by atoms with van der Waals surface area (Å²) in [5, 5.41) is 0. The Morgan fingerprint density at radius 3 is 2.36 bits per heavy atom. The molecule has 1 atom stereocenters. The average Bonchev–Trinajstić information content (AvgIpc) is 2.13. The van der Waals surface area contributed by atoms with E-state index in [1.807, 2.05) is 6.92 Å².